The number of hydrogen-bond acceptors (Lipinski definition) is 3. The summed E-state index contributed by atoms with van der Waals surface area (Å²) in [5, 5.41) is 0. The first-order chi connectivity index (χ1) is 14.6. The van der Waals surface area contributed by atoms with Crippen molar-refractivity contribution in [3.63, 3.8) is 0 Å². The number of benzene rings is 3. The Hall–Kier alpha value is -3.27. The lowest BCUT2D eigenvalue weighted by molar-refractivity contribution is 0.210. The molecule has 0 aliphatic rings. The molecule has 0 aliphatic heterocycles. The van der Waals surface area contributed by atoms with Gasteiger partial charge in [-0.1, -0.05) is 36.4 Å². The largest absolute Gasteiger partial charge is 0.494 e. The molecular formula is C26H28N2O2. The summed E-state index contributed by atoms with van der Waals surface area (Å²) in [5.74, 6) is 2.72. The van der Waals surface area contributed by atoms with E-state index < -0.39 is 0 Å². The van der Waals surface area contributed by atoms with Crippen LogP contribution in [-0.4, -0.2) is 16.2 Å². The summed E-state index contributed by atoms with van der Waals surface area (Å²) >= 11 is 0. The number of hydrogen-bond donors (Lipinski definition) is 0. The molecule has 4 rings (SSSR count). The Labute approximate surface area is 178 Å². The average Bonchev–Trinajstić information content (AvgIpc) is 3.10. The van der Waals surface area contributed by atoms with Gasteiger partial charge in [0, 0.05) is 6.54 Å². The maximum absolute atomic E-state index is 6.23. The molecule has 1 unspecified atom stereocenters. The summed E-state index contributed by atoms with van der Waals surface area (Å²) in [4.78, 5) is 4.88. The van der Waals surface area contributed by atoms with Crippen molar-refractivity contribution in [3.05, 3.63) is 89.7 Å². The van der Waals surface area contributed by atoms with Crippen LogP contribution in [0.2, 0.25) is 0 Å². The number of nitrogens with zero attached hydrogens (tertiary/aromatic N) is 2. The van der Waals surface area contributed by atoms with E-state index in [1.165, 1.54) is 11.1 Å². The number of aromatic nitrogens is 2. The summed E-state index contributed by atoms with van der Waals surface area (Å²) in [7, 11) is 0. The molecule has 3 aromatic carbocycles. The molecule has 1 aromatic heterocycles. The second-order valence-electron chi connectivity index (χ2n) is 7.71. The number of fused-ring (bicyclic) bond motifs is 1. The van der Waals surface area contributed by atoms with Gasteiger partial charge >= 0.3 is 0 Å². The lowest BCUT2D eigenvalue weighted by Gasteiger charge is -2.17. The Morgan fingerprint density at radius 2 is 1.57 bits per heavy atom. The Bertz CT molecular complexity index is 1130. The fourth-order valence-electron chi connectivity index (χ4n) is 3.70. The van der Waals surface area contributed by atoms with Crippen LogP contribution in [-0.2, 0) is 6.54 Å². The van der Waals surface area contributed by atoms with Crippen LogP contribution < -0.4 is 9.47 Å². The van der Waals surface area contributed by atoms with E-state index in [1.807, 2.05) is 30.3 Å². The predicted octanol–water partition coefficient (Wildman–Crippen LogP) is 6.26. The van der Waals surface area contributed by atoms with Crippen molar-refractivity contribution >= 4 is 11.0 Å². The lowest BCUT2D eigenvalue weighted by atomic mass is 10.2. The predicted molar refractivity (Wildman–Crippen MR) is 121 cm³/mol. The van der Waals surface area contributed by atoms with Gasteiger partial charge < -0.3 is 14.0 Å². The van der Waals surface area contributed by atoms with Crippen LogP contribution in [0, 0.1) is 13.8 Å². The van der Waals surface area contributed by atoms with Gasteiger partial charge in [-0.05, 0) is 74.7 Å². The third-order valence-electron chi connectivity index (χ3n) is 5.13. The summed E-state index contributed by atoms with van der Waals surface area (Å²) in [5.41, 5.74) is 4.51. The molecule has 154 valence electrons. The Balaban J connectivity index is 1.49. The van der Waals surface area contributed by atoms with Gasteiger partial charge in [0.1, 0.15) is 11.5 Å². The molecule has 0 aliphatic carbocycles. The molecule has 4 nitrogen and oxygen atoms in total. The molecular weight excluding hydrogens is 372 g/mol. The van der Waals surface area contributed by atoms with Gasteiger partial charge in [0.2, 0.25) is 0 Å². The van der Waals surface area contributed by atoms with Crippen molar-refractivity contribution in [2.75, 3.05) is 6.61 Å². The van der Waals surface area contributed by atoms with E-state index in [-0.39, 0.29) is 6.10 Å². The standard InChI is InChI=1S/C26H28N2O2/c1-19-9-6-11-22(17-19)29-16-8-15-28-25-14-5-4-13-24(25)27-26(28)21(3)30-23-12-7-10-20(2)18-23/h4-7,9-14,17-18,21H,8,15-16H2,1-3H3. The van der Waals surface area contributed by atoms with E-state index >= 15 is 0 Å². The molecule has 0 fully saturated rings. The second kappa shape index (κ2) is 9.04. The highest BCUT2D eigenvalue weighted by Gasteiger charge is 2.18. The van der Waals surface area contributed by atoms with Crippen LogP contribution >= 0.6 is 0 Å². The van der Waals surface area contributed by atoms with Gasteiger partial charge in [-0.3, -0.25) is 0 Å². The number of ether oxygens (including phenoxy) is 2. The maximum Gasteiger partial charge on any atom is 0.153 e. The normalized spacial score (nSPS) is 12.1. The molecule has 1 heterocycles. The highest BCUT2D eigenvalue weighted by atomic mass is 16.5. The van der Waals surface area contributed by atoms with Crippen LogP contribution in [0.25, 0.3) is 11.0 Å². The molecule has 4 aromatic rings. The van der Waals surface area contributed by atoms with Crippen molar-refractivity contribution < 1.29 is 9.47 Å². The van der Waals surface area contributed by atoms with Crippen LogP contribution in [0.15, 0.2) is 72.8 Å². The Morgan fingerprint density at radius 1 is 0.867 bits per heavy atom. The van der Waals surface area contributed by atoms with Gasteiger partial charge in [0.05, 0.1) is 17.6 Å². The number of para-hydroxylation sites is 2. The molecule has 0 spiro atoms. The first-order valence-electron chi connectivity index (χ1n) is 10.5. The minimum absolute atomic E-state index is 0.156. The number of imidazole rings is 1. The fraction of sp³-hybridized carbons (Fsp3) is 0.269. The van der Waals surface area contributed by atoms with E-state index in [9.17, 15) is 0 Å². The second-order valence-corrected chi connectivity index (χ2v) is 7.71. The first-order valence-corrected chi connectivity index (χ1v) is 10.5. The number of rotatable bonds is 8. The molecule has 0 bridgehead atoms. The van der Waals surface area contributed by atoms with Crippen molar-refractivity contribution in [1.82, 2.24) is 9.55 Å². The highest BCUT2D eigenvalue weighted by Crippen LogP contribution is 2.26. The topological polar surface area (TPSA) is 36.3 Å². The quantitative estimate of drug-likeness (QED) is 0.327. The molecule has 4 heteroatoms. The smallest absolute Gasteiger partial charge is 0.153 e. The summed E-state index contributed by atoms with van der Waals surface area (Å²) in [6, 6.07) is 24.6. The SMILES string of the molecule is Cc1cccc(OCCCn2c(C(C)Oc3cccc(C)c3)nc3ccccc32)c1. The Kier molecular flexibility index (Phi) is 6.03. The zero-order valence-electron chi connectivity index (χ0n) is 17.8. The third kappa shape index (κ3) is 4.65. The minimum Gasteiger partial charge on any atom is -0.494 e. The van der Waals surface area contributed by atoms with Crippen LogP contribution in [0.5, 0.6) is 11.5 Å². The molecule has 0 radical (unpaired) electrons. The number of aryl methyl sites for hydroxylation is 3. The van der Waals surface area contributed by atoms with Crippen molar-refractivity contribution in [2.24, 2.45) is 0 Å². The van der Waals surface area contributed by atoms with Crippen molar-refractivity contribution in [3.8, 4) is 11.5 Å². The van der Waals surface area contributed by atoms with E-state index in [2.05, 4.69) is 67.8 Å². The van der Waals surface area contributed by atoms with Gasteiger partial charge in [0.25, 0.3) is 0 Å². The molecule has 1 atom stereocenters. The van der Waals surface area contributed by atoms with E-state index in [1.54, 1.807) is 0 Å². The van der Waals surface area contributed by atoms with Gasteiger partial charge in [0.15, 0.2) is 11.9 Å². The zero-order valence-corrected chi connectivity index (χ0v) is 17.8. The fourth-order valence-corrected chi connectivity index (χ4v) is 3.70. The third-order valence-corrected chi connectivity index (χ3v) is 5.13. The summed E-state index contributed by atoms with van der Waals surface area (Å²) in [6.07, 6.45) is 0.732. The molecule has 30 heavy (non-hydrogen) atoms. The van der Waals surface area contributed by atoms with Gasteiger partial charge in [-0.15, -0.1) is 0 Å². The molecule has 0 saturated carbocycles. The monoisotopic (exact) mass is 400 g/mol. The molecule has 0 saturated heterocycles. The molecule has 0 N–H and O–H groups in total. The van der Waals surface area contributed by atoms with Gasteiger partial charge in [-0.2, -0.15) is 0 Å². The van der Waals surface area contributed by atoms with E-state index in [0.29, 0.717) is 6.61 Å². The Morgan fingerprint density at radius 3 is 2.33 bits per heavy atom. The van der Waals surface area contributed by atoms with Crippen molar-refractivity contribution in [2.45, 2.75) is 39.8 Å². The van der Waals surface area contributed by atoms with Crippen LogP contribution in [0.4, 0.5) is 0 Å². The van der Waals surface area contributed by atoms with Crippen LogP contribution in [0.3, 0.4) is 0 Å². The van der Waals surface area contributed by atoms with Gasteiger partial charge in [-0.25, -0.2) is 4.98 Å². The van der Waals surface area contributed by atoms with E-state index in [4.69, 9.17) is 14.5 Å². The molecule has 0 amide bonds. The van der Waals surface area contributed by atoms with Crippen LogP contribution in [0.1, 0.15) is 36.4 Å². The summed E-state index contributed by atoms with van der Waals surface area (Å²) < 4.78 is 14.4. The first kappa shape index (κ1) is 20.0. The highest BCUT2D eigenvalue weighted by molar-refractivity contribution is 5.76. The maximum atomic E-state index is 6.23. The summed E-state index contributed by atoms with van der Waals surface area (Å²) in [6.45, 7) is 7.68. The minimum atomic E-state index is -0.156. The van der Waals surface area contributed by atoms with Crippen molar-refractivity contribution in [1.29, 1.82) is 0 Å². The van der Waals surface area contributed by atoms with E-state index in [0.717, 1.165) is 41.3 Å². The lowest BCUT2D eigenvalue weighted by Crippen LogP contribution is -2.13. The average molecular weight is 401 g/mol. The zero-order chi connectivity index (χ0) is 20.9.